The number of hydrogen-bond donors (Lipinski definition) is 0. The molecular formula is C30H31FN6O4. The number of hydrogen-bond acceptors (Lipinski definition) is 6. The minimum absolute atomic E-state index is 0.00626. The van der Waals surface area contributed by atoms with E-state index in [1.165, 1.54) is 29.8 Å². The number of carbonyl (C=O) groups is 2. The first kappa shape index (κ1) is 27.9. The Morgan fingerprint density at radius 2 is 1.76 bits per heavy atom. The van der Waals surface area contributed by atoms with Gasteiger partial charge in [0.15, 0.2) is 5.78 Å². The molecule has 0 radical (unpaired) electrons. The van der Waals surface area contributed by atoms with Gasteiger partial charge in [-0.05, 0) is 52.2 Å². The minimum atomic E-state index is -0.593. The van der Waals surface area contributed by atoms with Gasteiger partial charge in [-0.1, -0.05) is 24.3 Å². The third-order valence-corrected chi connectivity index (χ3v) is 7.39. The summed E-state index contributed by atoms with van der Waals surface area (Å²) in [5, 5.41) is 12.1. The van der Waals surface area contributed by atoms with E-state index >= 15 is 0 Å². The first-order valence-electron chi connectivity index (χ1n) is 13.4. The smallest absolute Gasteiger partial charge is 0.358 e. The number of halogens is 1. The average molecular weight is 559 g/mol. The molecule has 1 aliphatic heterocycles. The number of benzene rings is 2. The molecule has 1 aliphatic rings. The lowest BCUT2D eigenvalue weighted by Gasteiger charge is -2.35. The summed E-state index contributed by atoms with van der Waals surface area (Å²) in [6.45, 7) is 8.46. The van der Waals surface area contributed by atoms with Gasteiger partial charge < -0.3 is 19.6 Å². The van der Waals surface area contributed by atoms with Crippen molar-refractivity contribution >= 4 is 40.2 Å². The predicted octanol–water partition coefficient (Wildman–Crippen LogP) is 4.43. The van der Waals surface area contributed by atoms with E-state index in [0.717, 1.165) is 40.7 Å². The molecule has 0 aliphatic carbocycles. The van der Waals surface area contributed by atoms with Crippen LogP contribution >= 0.6 is 0 Å². The molecule has 0 saturated carbocycles. The Bertz CT molecular complexity index is 1660. The van der Waals surface area contributed by atoms with Crippen molar-refractivity contribution in [3.63, 3.8) is 0 Å². The molecule has 1 fully saturated rings. The minimum Gasteiger partial charge on any atom is -0.358 e. The van der Waals surface area contributed by atoms with Crippen LogP contribution in [0.4, 0.5) is 10.2 Å². The number of Topliss-reactive ketones (excluding diaryl/α,β-unsaturated/α-hetero) is 1. The van der Waals surface area contributed by atoms with Crippen LogP contribution in [0.1, 0.15) is 29.4 Å². The first-order valence-corrected chi connectivity index (χ1v) is 13.4. The van der Waals surface area contributed by atoms with Crippen LogP contribution in [0.25, 0.3) is 22.7 Å². The van der Waals surface area contributed by atoms with Crippen LogP contribution in [0.15, 0.2) is 54.9 Å². The van der Waals surface area contributed by atoms with Gasteiger partial charge in [-0.2, -0.15) is 0 Å². The molecule has 3 heterocycles. The van der Waals surface area contributed by atoms with Crippen molar-refractivity contribution in [3.05, 3.63) is 93.3 Å². The van der Waals surface area contributed by atoms with E-state index < -0.39 is 4.92 Å². The highest BCUT2D eigenvalue weighted by Crippen LogP contribution is 2.27. The quantitative estimate of drug-likeness (QED) is 0.180. The number of carbonyl (C=O) groups excluding carboxylic acids is 2. The van der Waals surface area contributed by atoms with Gasteiger partial charge in [0.05, 0.1) is 5.70 Å². The van der Waals surface area contributed by atoms with Crippen molar-refractivity contribution in [2.45, 2.75) is 33.9 Å². The van der Waals surface area contributed by atoms with Crippen molar-refractivity contribution in [1.29, 1.82) is 0 Å². The maximum atomic E-state index is 13.4. The molecule has 2 aromatic heterocycles. The number of piperazine rings is 1. The summed E-state index contributed by atoms with van der Waals surface area (Å²) in [7, 11) is 0. The van der Waals surface area contributed by atoms with Crippen LogP contribution in [-0.4, -0.2) is 66.7 Å². The van der Waals surface area contributed by atoms with Gasteiger partial charge in [-0.3, -0.25) is 19.1 Å². The third kappa shape index (κ3) is 6.09. The fraction of sp³-hybridized carbons (Fsp3) is 0.300. The predicted molar refractivity (Wildman–Crippen MR) is 153 cm³/mol. The summed E-state index contributed by atoms with van der Waals surface area (Å²) in [5.41, 5.74) is 3.88. The largest absolute Gasteiger partial charge is 0.382 e. The molecule has 1 saturated heterocycles. The van der Waals surface area contributed by atoms with Crippen molar-refractivity contribution in [3.8, 4) is 0 Å². The van der Waals surface area contributed by atoms with Gasteiger partial charge in [0, 0.05) is 69.2 Å². The standard InChI is InChI=1S/C30H31FN6O4/c1-20-4-9-26-24(15-27(21(2)38)36-18-29(37(40)41)32-22(36)3)17-35(28(26)14-20)19-30(39)34-12-10-33(11-13-34)16-23-5-7-25(31)8-6-23/h4-9,14-15,17-18H,10-13,16,19H2,1-3H3/b27-15-. The van der Waals surface area contributed by atoms with Crippen molar-refractivity contribution in [2.24, 2.45) is 0 Å². The van der Waals surface area contributed by atoms with E-state index in [2.05, 4.69) is 9.88 Å². The summed E-state index contributed by atoms with van der Waals surface area (Å²) in [5.74, 6) is -0.548. The molecule has 0 spiro atoms. The highest BCUT2D eigenvalue weighted by Gasteiger charge is 2.23. The molecule has 2 aromatic carbocycles. The van der Waals surface area contributed by atoms with Crippen LogP contribution in [0.3, 0.4) is 0 Å². The summed E-state index contributed by atoms with van der Waals surface area (Å²) < 4.78 is 16.5. The lowest BCUT2D eigenvalue weighted by Crippen LogP contribution is -2.49. The van der Waals surface area contributed by atoms with Crippen LogP contribution in [0.5, 0.6) is 0 Å². The molecule has 0 bridgehead atoms. The van der Waals surface area contributed by atoms with Gasteiger partial charge in [0.2, 0.25) is 11.7 Å². The van der Waals surface area contributed by atoms with E-state index in [9.17, 15) is 24.1 Å². The normalized spacial score (nSPS) is 14.5. The molecule has 0 atom stereocenters. The second kappa shape index (κ2) is 11.5. The zero-order valence-corrected chi connectivity index (χ0v) is 23.2. The topological polar surface area (TPSA) is 107 Å². The number of ketones is 1. The Kier molecular flexibility index (Phi) is 7.80. The Hall–Kier alpha value is -4.64. The number of nitro groups is 1. The monoisotopic (exact) mass is 558 g/mol. The number of aromatic nitrogens is 3. The van der Waals surface area contributed by atoms with Crippen LogP contribution in [-0.2, 0) is 22.7 Å². The Morgan fingerprint density at radius 1 is 1.05 bits per heavy atom. The van der Waals surface area contributed by atoms with Crippen molar-refractivity contribution < 1.29 is 18.9 Å². The fourth-order valence-corrected chi connectivity index (χ4v) is 5.20. The van der Waals surface area contributed by atoms with Gasteiger partial charge in [-0.25, -0.2) is 4.39 Å². The fourth-order valence-electron chi connectivity index (χ4n) is 5.20. The van der Waals surface area contributed by atoms with Gasteiger partial charge in [0.1, 0.15) is 18.6 Å². The highest BCUT2D eigenvalue weighted by atomic mass is 19.1. The number of aryl methyl sites for hydroxylation is 2. The Morgan fingerprint density at radius 3 is 2.39 bits per heavy atom. The zero-order chi connectivity index (χ0) is 29.3. The van der Waals surface area contributed by atoms with Crippen molar-refractivity contribution in [1.82, 2.24) is 23.9 Å². The average Bonchev–Trinajstić information content (AvgIpc) is 3.48. The van der Waals surface area contributed by atoms with Crippen LogP contribution in [0.2, 0.25) is 0 Å². The van der Waals surface area contributed by atoms with Crippen LogP contribution in [0, 0.1) is 29.8 Å². The summed E-state index contributed by atoms with van der Waals surface area (Å²) in [6, 6.07) is 12.4. The molecule has 5 rings (SSSR count). The number of imidazole rings is 1. The molecule has 4 aromatic rings. The SMILES string of the molecule is CC(=O)/C(=C/c1cn(CC(=O)N2CCN(Cc3ccc(F)cc3)CC2)c2cc(C)ccc12)n1cc([N+](=O)[O-])nc1C. The number of amides is 1. The van der Waals surface area contributed by atoms with Gasteiger partial charge >= 0.3 is 5.82 Å². The van der Waals surface area contributed by atoms with E-state index in [-0.39, 0.29) is 35.6 Å². The first-order chi connectivity index (χ1) is 19.6. The van der Waals surface area contributed by atoms with Gasteiger partial charge in [0.25, 0.3) is 0 Å². The summed E-state index contributed by atoms with van der Waals surface area (Å²) >= 11 is 0. The summed E-state index contributed by atoms with van der Waals surface area (Å²) in [6.07, 6.45) is 4.77. The third-order valence-electron chi connectivity index (χ3n) is 7.39. The van der Waals surface area contributed by atoms with E-state index in [4.69, 9.17) is 0 Å². The Balaban J connectivity index is 1.37. The lowest BCUT2D eigenvalue weighted by molar-refractivity contribution is -0.389. The number of fused-ring (bicyclic) bond motifs is 1. The van der Waals surface area contributed by atoms with E-state index in [1.807, 2.05) is 40.8 Å². The maximum Gasteiger partial charge on any atom is 0.382 e. The second-order valence-corrected chi connectivity index (χ2v) is 10.4. The molecule has 212 valence electrons. The molecule has 11 heteroatoms. The number of rotatable bonds is 8. The lowest BCUT2D eigenvalue weighted by atomic mass is 10.1. The van der Waals surface area contributed by atoms with Crippen molar-refractivity contribution in [2.75, 3.05) is 26.2 Å². The molecule has 0 N–H and O–H groups in total. The highest BCUT2D eigenvalue weighted by molar-refractivity contribution is 6.19. The van der Waals surface area contributed by atoms with E-state index in [0.29, 0.717) is 25.5 Å². The maximum absolute atomic E-state index is 13.4. The van der Waals surface area contributed by atoms with E-state index in [1.54, 1.807) is 25.1 Å². The number of nitrogens with zero attached hydrogens (tertiary/aromatic N) is 6. The molecule has 10 nitrogen and oxygen atoms in total. The van der Waals surface area contributed by atoms with Gasteiger partial charge in [-0.15, -0.1) is 0 Å². The second-order valence-electron chi connectivity index (χ2n) is 10.4. The zero-order valence-electron chi connectivity index (χ0n) is 23.2. The molecular weight excluding hydrogens is 527 g/mol. The molecule has 0 unspecified atom stereocenters. The van der Waals surface area contributed by atoms with Crippen LogP contribution < -0.4 is 0 Å². The molecule has 41 heavy (non-hydrogen) atoms. The Labute approximate surface area is 236 Å². The summed E-state index contributed by atoms with van der Waals surface area (Å²) in [4.78, 5) is 44.7. The molecule has 1 amide bonds. The number of allylic oxidation sites excluding steroid dienone is 1.